The molecule has 0 unspecified atom stereocenters. The van der Waals surface area contributed by atoms with Crippen molar-refractivity contribution in [3.63, 3.8) is 0 Å². The summed E-state index contributed by atoms with van der Waals surface area (Å²) in [4.78, 5) is 9.98. The van der Waals surface area contributed by atoms with Crippen molar-refractivity contribution in [2.45, 2.75) is 0 Å². The van der Waals surface area contributed by atoms with Crippen LogP contribution in [0.3, 0.4) is 0 Å². The largest absolute Gasteiger partial charge is 0.379 e. The normalized spacial score (nSPS) is 18.4. The fraction of sp³-hybridized carbons (Fsp3) is 0.875. The van der Waals surface area contributed by atoms with E-state index in [1.165, 1.54) is 0 Å². The summed E-state index contributed by atoms with van der Waals surface area (Å²) < 4.78 is 5.22. The summed E-state index contributed by atoms with van der Waals surface area (Å²) in [7, 11) is 1.68. The molecule has 0 bridgehead atoms. The highest BCUT2D eigenvalue weighted by atomic mass is 16.5. The van der Waals surface area contributed by atoms with E-state index < -0.39 is 0 Å². The van der Waals surface area contributed by atoms with Crippen molar-refractivity contribution in [3.8, 4) is 0 Å². The van der Waals surface area contributed by atoms with Gasteiger partial charge in [0.15, 0.2) is 0 Å². The van der Waals surface area contributed by atoms with Crippen LogP contribution >= 0.6 is 0 Å². The monoisotopic (exact) mass is 169 g/mol. The lowest BCUT2D eigenvalue weighted by atomic mass is 10.4. The molecule has 0 saturated carbocycles. The molecule has 0 spiro atoms. The molecular weight excluding hydrogens is 154 g/mol. The van der Waals surface area contributed by atoms with Gasteiger partial charge in [0.05, 0.1) is 25.8 Å². The molecule has 4 heteroatoms. The molecule has 1 heterocycles. The Kier molecular flexibility index (Phi) is 4.61. The second-order valence-electron chi connectivity index (χ2n) is 2.66. The van der Waals surface area contributed by atoms with Crippen LogP contribution in [-0.2, 0) is 4.74 Å². The smallest absolute Gasteiger partial charge is 0.0890 e. The first-order chi connectivity index (χ1) is 5.93. The van der Waals surface area contributed by atoms with E-state index in [-0.39, 0.29) is 0 Å². The Morgan fingerprint density at radius 1 is 1.42 bits per heavy atom. The molecule has 0 radical (unpaired) electrons. The highest BCUT2D eigenvalue weighted by molar-refractivity contribution is 5.40. The number of hydrogen-bond acceptors (Lipinski definition) is 4. The molecule has 1 saturated heterocycles. The van der Waals surface area contributed by atoms with Crippen LogP contribution in [0.2, 0.25) is 0 Å². The Balaban J connectivity index is 2.09. The number of aliphatic imine (C=N–C) groups is 2. The molecule has 1 aliphatic heterocycles. The quantitative estimate of drug-likeness (QED) is 0.563. The minimum Gasteiger partial charge on any atom is -0.379 e. The highest BCUT2D eigenvalue weighted by Gasteiger charge is 2.08. The van der Waals surface area contributed by atoms with Crippen LogP contribution in [0.15, 0.2) is 9.98 Å². The molecule has 68 valence electrons. The van der Waals surface area contributed by atoms with E-state index in [0.717, 1.165) is 39.4 Å². The summed E-state index contributed by atoms with van der Waals surface area (Å²) in [5, 5.41) is 0. The second kappa shape index (κ2) is 5.89. The molecule has 12 heavy (non-hydrogen) atoms. The SMILES string of the molecule is CN=C=NCCN1CCOCC1. The highest BCUT2D eigenvalue weighted by Crippen LogP contribution is 1.95. The average Bonchev–Trinajstić information content (AvgIpc) is 2.14. The third kappa shape index (κ3) is 3.62. The van der Waals surface area contributed by atoms with Crippen molar-refractivity contribution in [1.82, 2.24) is 4.90 Å². The zero-order valence-electron chi connectivity index (χ0n) is 7.49. The Labute approximate surface area is 73.0 Å². The molecule has 0 amide bonds. The summed E-state index contributed by atoms with van der Waals surface area (Å²) in [5.41, 5.74) is 0. The zero-order chi connectivity index (χ0) is 8.65. The second-order valence-corrected chi connectivity index (χ2v) is 2.66. The third-order valence-corrected chi connectivity index (χ3v) is 1.80. The third-order valence-electron chi connectivity index (χ3n) is 1.80. The van der Waals surface area contributed by atoms with Gasteiger partial charge in [-0.3, -0.25) is 4.90 Å². The van der Waals surface area contributed by atoms with E-state index in [1.807, 2.05) is 0 Å². The summed E-state index contributed by atoms with van der Waals surface area (Å²) in [5.74, 6) is 0. The minimum atomic E-state index is 0.789. The predicted octanol–water partition coefficient (Wildman–Crippen LogP) is 0.122. The number of nitrogens with zero attached hydrogens (tertiary/aromatic N) is 3. The molecule has 1 aliphatic rings. The van der Waals surface area contributed by atoms with Gasteiger partial charge in [-0.15, -0.1) is 0 Å². The Morgan fingerprint density at radius 2 is 2.17 bits per heavy atom. The lowest BCUT2D eigenvalue weighted by Gasteiger charge is -2.25. The van der Waals surface area contributed by atoms with Crippen molar-refractivity contribution in [2.24, 2.45) is 9.98 Å². The van der Waals surface area contributed by atoms with Crippen LogP contribution in [0.25, 0.3) is 0 Å². The zero-order valence-corrected chi connectivity index (χ0v) is 7.49. The van der Waals surface area contributed by atoms with Gasteiger partial charge in [0.25, 0.3) is 0 Å². The maximum absolute atomic E-state index is 5.22. The maximum atomic E-state index is 5.22. The lowest BCUT2D eigenvalue weighted by molar-refractivity contribution is 0.0395. The van der Waals surface area contributed by atoms with Gasteiger partial charge >= 0.3 is 0 Å². The lowest BCUT2D eigenvalue weighted by Crippen LogP contribution is -2.37. The van der Waals surface area contributed by atoms with Gasteiger partial charge in [-0.25, -0.2) is 9.98 Å². The molecular formula is C8H15N3O. The summed E-state index contributed by atoms with van der Waals surface area (Å²) in [6, 6.07) is 2.58. The Bertz CT molecular complexity index is 169. The van der Waals surface area contributed by atoms with Gasteiger partial charge in [-0.1, -0.05) is 0 Å². The summed E-state index contributed by atoms with van der Waals surface area (Å²) in [6.07, 6.45) is 0. The molecule has 1 rings (SSSR count). The van der Waals surface area contributed by atoms with Gasteiger partial charge < -0.3 is 4.74 Å². The van der Waals surface area contributed by atoms with Crippen LogP contribution in [0.1, 0.15) is 0 Å². The van der Waals surface area contributed by atoms with E-state index >= 15 is 0 Å². The van der Waals surface area contributed by atoms with Crippen molar-refractivity contribution in [1.29, 1.82) is 0 Å². The van der Waals surface area contributed by atoms with Crippen molar-refractivity contribution >= 4 is 6.01 Å². The predicted molar refractivity (Wildman–Crippen MR) is 47.9 cm³/mol. The van der Waals surface area contributed by atoms with Crippen molar-refractivity contribution in [3.05, 3.63) is 0 Å². The van der Waals surface area contributed by atoms with Crippen LogP contribution in [-0.4, -0.2) is 57.3 Å². The fourth-order valence-corrected chi connectivity index (χ4v) is 1.14. The van der Waals surface area contributed by atoms with Crippen LogP contribution in [0.4, 0.5) is 0 Å². The van der Waals surface area contributed by atoms with Crippen LogP contribution < -0.4 is 0 Å². The van der Waals surface area contributed by atoms with Crippen LogP contribution in [0, 0.1) is 0 Å². The van der Waals surface area contributed by atoms with Crippen molar-refractivity contribution in [2.75, 3.05) is 46.4 Å². The van der Waals surface area contributed by atoms with Gasteiger partial charge in [-0.2, -0.15) is 0 Å². The van der Waals surface area contributed by atoms with E-state index in [2.05, 4.69) is 20.9 Å². The summed E-state index contributed by atoms with van der Waals surface area (Å²) in [6.45, 7) is 5.54. The first kappa shape index (κ1) is 9.39. The molecule has 1 fully saturated rings. The first-order valence-corrected chi connectivity index (χ1v) is 4.24. The number of morpholine rings is 1. The molecule has 0 atom stereocenters. The number of rotatable bonds is 3. The molecule has 0 aromatic heterocycles. The Morgan fingerprint density at radius 3 is 2.83 bits per heavy atom. The minimum absolute atomic E-state index is 0.789. The van der Waals surface area contributed by atoms with Gasteiger partial charge in [0.2, 0.25) is 0 Å². The van der Waals surface area contributed by atoms with Gasteiger partial charge in [0.1, 0.15) is 0 Å². The summed E-state index contributed by atoms with van der Waals surface area (Å²) >= 11 is 0. The molecule has 4 nitrogen and oxygen atoms in total. The molecule has 0 N–H and O–H groups in total. The number of hydrogen-bond donors (Lipinski definition) is 0. The molecule has 0 aromatic rings. The molecule has 0 aromatic carbocycles. The fourth-order valence-electron chi connectivity index (χ4n) is 1.14. The van der Waals surface area contributed by atoms with E-state index in [1.54, 1.807) is 7.05 Å². The first-order valence-electron chi connectivity index (χ1n) is 4.24. The van der Waals surface area contributed by atoms with E-state index in [4.69, 9.17) is 4.74 Å². The van der Waals surface area contributed by atoms with Crippen LogP contribution in [0.5, 0.6) is 0 Å². The Hall–Kier alpha value is -0.700. The van der Waals surface area contributed by atoms with E-state index in [0.29, 0.717) is 0 Å². The average molecular weight is 169 g/mol. The van der Waals surface area contributed by atoms with Gasteiger partial charge in [-0.05, 0) is 0 Å². The standard InChI is InChI=1S/C8H15N3O/c1-9-8-10-2-3-11-4-6-12-7-5-11/h2-7H2,1H3. The molecule has 0 aliphatic carbocycles. The topological polar surface area (TPSA) is 37.2 Å². The van der Waals surface area contributed by atoms with E-state index in [9.17, 15) is 0 Å². The number of ether oxygens (including phenoxy) is 1. The van der Waals surface area contributed by atoms with Gasteiger partial charge in [0, 0.05) is 26.7 Å². The van der Waals surface area contributed by atoms with Crippen molar-refractivity contribution < 1.29 is 4.74 Å². The maximum Gasteiger partial charge on any atom is 0.0890 e.